The molecule has 0 spiro atoms. The second-order valence-corrected chi connectivity index (χ2v) is 7.17. The van der Waals surface area contributed by atoms with Gasteiger partial charge in [-0.2, -0.15) is 0 Å². The summed E-state index contributed by atoms with van der Waals surface area (Å²) in [5.74, 6) is 1.93. The van der Waals surface area contributed by atoms with Crippen LogP contribution in [0.15, 0.2) is 56.9 Å². The number of imidazole rings is 1. The van der Waals surface area contributed by atoms with Crippen molar-refractivity contribution in [3.8, 4) is 11.5 Å². The number of nitrogens with zero attached hydrogens (tertiary/aromatic N) is 3. The van der Waals surface area contributed by atoms with Crippen molar-refractivity contribution in [1.29, 1.82) is 0 Å². The van der Waals surface area contributed by atoms with Crippen LogP contribution in [-0.4, -0.2) is 28.7 Å². The van der Waals surface area contributed by atoms with Gasteiger partial charge in [-0.1, -0.05) is 12.1 Å². The van der Waals surface area contributed by atoms with Gasteiger partial charge in [0.2, 0.25) is 5.95 Å². The van der Waals surface area contributed by atoms with Crippen LogP contribution in [0.25, 0.3) is 22.0 Å². The van der Waals surface area contributed by atoms with E-state index < -0.39 is 6.17 Å². The summed E-state index contributed by atoms with van der Waals surface area (Å²) in [7, 11) is 0. The number of nitrogens with two attached hydrogens (primary N) is 1. The molecule has 3 N–H and O–H groups in total. The van der Waals surface area contributed by atoms with E-state index in [2.05, 4.69) is 15.3 Å². The van der Waals surface area contributed by atoms with E-state index in [1.54, 1.807) is 18.2 Å². The Morgan fingerprint density at radius 1 is 1.13 bits per heavy atom. The number of aromatic nitrogens is 2. The Morgan fingerprint density at radius 2 is 1.93 bits per heavy atom. The van der Waals surface area contributed by atoms with Crippen LogP contribution in [0.1, 0.15) is 18.2 Å². The molecular weight excluding hydrogens is 386 g/mol. The lowest BCUT2D eigenvalue weighted by Crippen LogP contribution is -2.33. The highest BCUT2D eigenvalue weighted by Crippen LogP contribution is 2.38. The molecule has 2 aliphatic heterocycles. The van der Waals surface area contributed by atoms with E-state index in [-0.39, 0.29) is 11.4 Å². The third-order valence-electron chi connectivity index (χ3n) is 5.29. The van der Waals surface area contributed by atoms with E-state index in [0.29, 0.717) is 52.7 Å². The van der Waals surface area contributed by atoms with Gasteiger partial charge in [-0.15, -0.1) is 0 Å². The second-order valence-electron chi connectivity index (χ2n) is 7.17. The maximum Gasteiger partial charge on any atom is 0.212 e. The van der Waals surface area contributed by atoms with Crippen molar-refractivity contribution in [2.24, 2.45) is 10.7 Å². The average Bonchev–Trinajstić information content (AvgIpc) is 2.93. The number of fused-ring (bicyclic) bond motifs is 5. The van der Waals surface area contributed by atoms with Gasteiger partial charge in [0.05, 0.1) is 35.2 Å². The Balaban J connectivity index is 1.59. The standard InChI is InChI=1S/C21H17N5O4/c22-20-24-19(12-10-30-15-5-2-1-4-11(15)18(12)27)26-14-9-17-16(28-6-3-7-29-17)8-13(14)23-21(26)25-20/h1-2,4-5,8-10,19H,3,6-7H2,(H3,22,23,24,25). The Labute approximate surface area is 169 Å². The van der Waals surface area contributed by atoms with Crippen LogP contribution in [0.3, 0.4) is 0 Å². The molecule has 2 aromatic heterocycles. The number of hydrogen-bond acceptors (Lipinski definition) is 8. The number of para-hydroxylation sites is 1. The molecule has 6 rings (SSSR count). The maximum atomic E-state index is 13.2. The topological polar surface area (TPSA) is 117 Å². The predicted octanol–water partition coefficient (Wildman–Crippen LogP) is 2.59. The van der Waals surface area contributed by atoms with Crippen LogP contribution < -0.4 is 26.0 Å². The lowest BCUT2D eigenvalue weighted by molar-refractivity contribution is 0.297. The Bertz CT molecular complexity index is 1400. The quantitative estimate of drug-likeness (QED) is 0.502. The molecule has 0 saturated heterocycles. The van der Waals surface area contributed by atoms with Gasteiger partial charge in [0.25, 0.3) is 0 Å². The Morgan fingerprint density at radius 3 is 2.80 bits per heavy atom. The number of rotatable bonds is 1. The molecular formula is C21H17N5O4. The summed E-state index contributed by atoms with van der Waals surface area (Å²) in [5, 5.41) is 3.46. The minimum atomic E-state index is -0.725. The molecule has 2 aromatic carbocycles. The van der Waals surface area contributed by atoms with E-state index in [1.165, 1.54) is 6.26 Å². The molecule has 1 atom stereocenters. The van der Waals surface area contributed by atoms with Gasteiger partial charge in [-0.25, -0.2) is 9.98 Å². The van der Waals surface area contributed by atoms with Crippen molar-refractivity contribution >= 4 is 33.9 Å². The summed E-state index contributed by atoms with van der Waals surface area (Å²) >= 11 is 0. The molecule has 1 unspecified atom stereocenters. The molecule has 9 nitrogen and oxygen atoms in total. The van der Waals surface area contributed by atoms with Gasteiger partial charge >= 0.3 is 0 Å². The minimum absolute atomic E-state index is 0.164. The molecule has 0 bridgehead atoms. The molecule has 2 aliphatic rings. The maximum absolute atomic E-state index is 13.2. The molecule has 30 heavy (non-hydrogen) atoms. The van der Waals surface area contributed by atoms with Crippen LogP contribution in [0.5, 0.6) is 11.5 Å². The number of guanidine groups is 1. The number of nitrogens with one attached hydrogen (secondary N) is 1. The van der Waals surface area contributed by atoms with Crippen molar-refractivity contribution < 1.29 is 13.9 Å². The molecule has 0 saturated carbocycles. The van der Waals surface area contributed by atoms with Gasteiger partial charge < -0.3 is 19.6 Å². The first-order valence-corrected chi connectivity index (χ1v) is 9.61. The summed E-state index contributed by atoms with van der Waals surface area (Å²) in [6.07, 6.45) is 1.52. The number of hydrogen-bond donors (Lipinski definition) is 2. The highest BCUT2D eigenvalue weighted by molar-refractivity contribution is 5.95. The molecule has 9 heteroatoms. The molecule has 0 radical (unpaired) electrons. The van der Waals surface area contributed by atoms with E-state index in [9.17, 15) is 4.79 Å². The fourth-order valence-corrected chi connectivity index (χ4v) is 3.90. The van der Waals surface area contributed by atoms with Gasteiger partial charge in [0.1, 0.15) is 11.8 Å². The number of benzene rings is 2. The van der Waals surface area contributed by atoms with Gasteiger partial charge in [-0.05, 0) is 12.1 Å². The van der Waals surface area contributed by atoms with E-state index in [1.807, 2.05) is 22.8 Å². The molecule has 0 amide bonds. The zero-order valence-electron chi connectivity index (χ0n) is 15.8. The largest absolute Gasteiger partial charge is 0.489 e. The fraction of sp³-hybridized carbons (Fsp3) is 0.190. The van der Waals surface area contributed by atoms with Crippen molar-refractivity contribution in [3.05, 3.63) is 58.4 Å². The predicted molar refractivity (Wildman–Crippen MR) is 111 cm³/mol. The first-order valence-electron chi connectivity index (χ1n) is 9.61. The van der Waals surface area contributed by atoms with E-state index in [4.69, 9.17) is 19.6 Å². The molecule has 4 heterocycles. The molecule has 0 fully saturated rings. The third kappa shape index (κ3) is 2.45. The summed E-state index contributed by atoms with van der Waals surface area (Å²) in [5.41, 5.74) is 8.16. The van der Waals surface area contributed by atoms with Crippen molar-refractivity contribution in [1.82, 2.24) is 9.55 Å². The van der Waals surface area contributed by atoms with Crippen LogP contribution in [0, 0.1) is 0 Å². The molecule has 0 aliphatic carbocycles. The summed E-state index contributed by atoms with van der Waals surface area (Å²) in [4.78, 5) is 22.3. The number of anilines is 1. The van der Waals surface area contributed by atoms with Crippen LogP contribution in [0.2, 0.25) is 0 Å². The van der Waals surface area contributed by atoms with Gasteiger partial charge in [-0.3, -0.25) is 14.7 Å². The lowest BCUT2D eigenvalue weighted by atomic mass is 10.1. The van der Waals surface area contributed by atoms with Crippen molar-refractivity contribution in [3.63, 3.8) is 0 Å². The summed E-state index contributed by atoms with van der Waals surface area (Å²) in [6, 6.07) is 10.8. The van der Waals surface area contributed by atoms with E-state index in [0.717, 1.165) is 11.9 Å². The van der Waals surface area contributed by atoms with Crippen LogP contribution >= 0.6 is 0 Å². The van der Waals surface area contributed by atoms with Crippen LogP contribution in [0.4, 0.5) is 5.95 Å². The SMILES string of the molecule is NC1=NC(c2coc3ccccc3c2=O)n2c(nc3cc4c(cc32)OCCCO4)N1. The van der Waals surface area contributed by atoms with Crippen LogP contribution in [-0.2, 0) is 0 Å². The van der Waals surface area contributed by atoms with Crippen molar-refractivity contribution in [2.75, 3.05) is 18.5 Å². The highest BCUT2D eigenvalue weighted by Gasteiger charge is 2.29. The molecule has 4 aromatic rings. The van der Waals surface area contributed by atoms with Gasteiger partial charge in [0.15, 0.2) is 29.1 Å². The third-order valence-corrected chi connectivity index (χ3v) is 5.29. The van der Waals surface area contributed by atoms with E-state index >= 15 is 0 Å². The van der Waals surface area contributed by atoms with Gasteiger partial charge in [0, 0.05) is 18.6 Å². The second kappa shape index (κ2) is 6.24. The smallest absolute Gasteiger partial charge is 0.212 e. The minimum Gasteiger partial charge on any atom is -0.489 e. The highest BCUT2D eigenvalue weighted by atomic mass is 16.5. The first kappa shape index (κ1) is 16.9. The number of aliphatic imine (C=N–C) groups is 1. The normalized spacial score (nSPS) is 17.9. The first-order chi connectivity index (χ1) is 14.7. The number of ether oxygens (including phenoxy) is 2. The Kier molecular flexibility index (Phi) is 3.52. The monoisotopic (exact) mass is 403 g/mol. The average molecular weight is 403 g/mol. The van der Waals surface area contributed by atoms with Crippen molar-refractivity contribution in [2.45, 2.75) is 12.6 Å². The zero-order valence-corrected chi connectivity index (χ0v) is 15.8. The lowest BCUT2D eigenvalue weighted by Gasteiger charge is -2.23. The Hall–Kier alpha value is -4.01. The fourth-order valence-electron chi connectivity index (χ4n) is 3.90. The summed E-state index contributed by atoms with van der Waals surface area (Å²) < 4.78 is 19.1. The molecule has 150 valence electrons. The summed E-state index contributed by atoms with van der Waals surface area (Å²) in [6.45, 7) is 1.15. The zero-order chi connectivity index (χ0) is 20.2.